The lowest BCUT2D eigenvalue weighted by Crippen LogP contribution is -2.28. The highest BCUT2D eigenvalue weighted by molar-refractivity contribution is 7.25. The van der Waals surface area contributed by atoms with E-state index >= 15 is 0 Å². The van der Waals surface area contributed by atoms with Crippen molar-refractivity contribution in [2.45, 2.75) is 12.0 Å². The Labute approximate surface area is 202 Å². The van der Waals surface area contributed by atoms with Crippen LogP contribution in [0.15, 0.2) is 109 Å². The summed E-state index contributed by atoms with van der Waals surface area (Å²) in [5.41, 5.74) is 7.06. The van der Waals surface area contributed by atoms with Crippen LogP contribution in [0.1, 0.15) is 17.0 Å². The van der Waals surface area contributed by atoms with E-state index in [0.29, 0.717) is 11.5 Å². The molecule has 1 aliphatic heterocycles. The molecule has 2 nitrogen and oxygen atoms in total. The highest BCUT2D eigenvalue weighted by Gasteiger charge is 2.37. The molecule has 34 heavy (non-hydrogen) atoms. The summed E-state index contributed by atoms with van der Waals surface area (Å²) in [7, 11) is 0. The van der Waals surface area contributed by atoms with Crippen LogP contribution in [0.5, 0.6) is 0 Å². The highest BCUT2D eigenvalue weighted by Crippen LogP contribution is 2.50. The van der Waals surface area contributed by atoms with Crippen LogP contribution in [-0.2, 0) is 0 Å². The van der Waals surface area contributed by atoms with Crippen LogP contribution in [0.25, 0.3) is 31.3 Å². The van der Waals surface area contributed by atoms with Gasteiger partial charge in [-0.1, -0.05) is 78.9 Å². The minimum Gasteiger partial charge on any atom is -0.333 e. The number of benzene rings is 4. The van der Waals surface area contributed by atoms with Crippen molar-refractivity contribution in [3.05, 3.63) is 120 Å². The molecule has 2 atom stereocenters. The summed E-state index contributed by atoms with van der Waals surface area (Å²) in [6.45, 7) is 0. The molecule has 2 heterocycles. The molecule has 1 aromatic heterocycles. The van der Waals surface area contributed by atoms with Gasteiger partial charge in [0.1, 0.15) is 0 Å². The fourth-order valence-corrected chi connectivity index (χ4v) is 6.70. The van der Waals surface area contributed by atoms with Gasteiger partial charge in [0.15, 0.2) is 0 Å². The molecule has 0 saturated heterocycles. The first-order valence-corrected chi connectivity index (χ1v) is 12.3. The van der Waals surface area contributed by atoms with Crippen LogP contribution in [0.2, 0.25) is 0 Å². The molecule has 160 valence electrons. The molecule has 0 radical (unpaired) electrons. The fourth-order valence-electron chi connectivity index (χ4n) is 5.51. The largest absolute Gasteiger partial charge is 0.333 e. The van der Waals surface area contributed by atoms with Gasteiger partial charge in [-0.05, 0) is 41.5 Å². The summed E-state index contributed by atoms with van der Waals surface area (Å²) in [5, 5.41) is 11.8. The van der Waals surface area contributed by atoms with Gasteiger partial charge in [0.2, 0.25) is 0 Å². The molecule has 0 saturated carbocycles. The summed E-state index contributed by atoms with van der Waals surface area (Å²) in [5.74, 6) is 0.369. The Morgan fingerprint density at radius 1 is 0.735 bits per heavy atom. The van der Waals surface area contributed by atoms with E-state index in [2.05, 4.69) is 108 Å². The first-order chi connectivity index (χ1) is 16.8. The zero-order valence-corrected chi connectivity index (χ0v) is 19.2. The summed E-state index contributed by atoms with van der Waals surface area (Å²) in [6.07, 6.45) is 8.98. The van der Waals surface area contributed by atoms with Crippen molar-refractivity contribution in [2.75, 3.05) is 4.90 Å². The maximum atomic E-state index is 9.29. The summed E-state index contributed by atoms with van der Waals surface area (Å²) < 4.78 is 2.41. The zero-order valence-electron chi connectivity index (χ0n) is 18.3. The van der Waals surface area contributed by atoms with Crippen LogP contribution >= 0.6 is 11.3 Å². The molecular weight excluding hydrogens is 432 g/mol. The minimum atomic E-state index is 0.279. The summed E-state index contributed by atoms with van der Waals surface area (Å²) >= 11 is 1.76. The van der Waals surface area contributed by atoms with Gasteiger partial charge in [-0.3, -0.25) is 0 Å². The van der Waals surface area contributed by atoms with Crippen LogP contribution < -0.4 is 4.90 Å². The van der Waals surface area contributed by atoms with E-state index in [9.17, 15) is 5.26 Å². The molecule has 0 bridgehead atoms. The Kier molecular flexibility index (Phi) is 4.24. The van der Waals surface area contributed by atoms with E-state index in [1.54, 1.807) is 11.3 Å². The monoisotopic (exact) mass is 452 g/mol. The van der Waals surface area contributed by atoms with Crippen molar-refractivity contribution in [3.63, 3.8) is 0 Å². The molecule has 4 aromatic carbocycles. The first-order valence-electron chi connectivity index (χ1n) is 11.5. The third-order valence-electron chi connectivity index (χ3n) is 7.04. The fraction of sp³-hybridized carbons (Fsp3) is 0.0645. The summed E-state index contributed by atoms with van der Waals surface area (Å²) in [6, 6.07) is 32.8. The van der Waals surface area contributed by atoms with Crippen molar-refractivity contribution >= 4 is 42.9 Å². The third kappa shape index (κ3) is 2.79. The van der Waals surface area contributed by atoms with Gasteiger partial charge in [0, 0.05) is 43.0 Å². The highest BCUT2D eigenvalue weighted by atomic mass is 32.1. The Hall–Kier alpha value is -4.13. The second-order valence-electron chi connectivity index (χ2n) is 8.87. The van der Waals surface area contributed by atoms with E-state index in [1.807, 2.05) is 12.1 Å². The normalized spacial score (nSPS) is 18.3. The van der Waals surface area contributed by atoms with E-state index in [-0.39, 0.29) is 6.04 Å². The van der Waals surface area contributed by atoms with Crippen molar-refractivity contribution in [1.82, 2.24) is 0 Å². The second-order valence-corrected chi connectivity index (χ2v) is 9.95. The Balaban J connectivity index is 1.40. The molecule has 0 fully saturated rings. The Bertz CT molecular complexity index is 1700. The molecular formula is C31H20N2S. The van der Waals surface area contributed by atoms with Gasteiger partial charge in [-0.2, -0.15) is 5.26 Å². The number of allylic oxidation sites excluding steroid dienone is 2. The predicted molar refractivity (Wildman–Crippen MR) is 143 cm³/mol. The lowest BCUT2D eigenvalue weighted by Gasteiger charge is -2.30. The number of nitrogens with zero attached hydrogens (tertiary/aromatic N) is 2. The van der Waals surface area contributed by atoms with Gasteiger partial charge in [-0.15, -0.1) is 11.3 Å². The molecule has 2 aliphatic rings. The van der Waals surface area contributed by atoms with Gasteiger partial charge < -0.3 is 4.90 Å². The SMILES string of the molecule is N#Cc1ccc2c(c1)sc1cc(-c3ccccc3N3c4ccccc4C4C=CC=CC43)ccc12. The van der Waals surface area contributed by atoms with Crippen molar-refractivity contribution in [1.29, 1.82) is 5.26 Å². The molecule has 0 N–H and O–H groups in total. The van der Waals surface area contributed by atoms with Crippen LogP contribution in [0.3, 0.4) is 0 Å². The number of anilines is 2. The molecule has 5 aromatic rings. The Morgan fingerprint density at radius 2 is 1.47 bits per heavy atom. The average Bonchev–Trinajstić information content (AvgIpc) is 3.43. The lowest BCUT2D eigenvalue weighted by molar-refractivity contribution is 0.745. The maximum Gasteiger partial charge on any atom is 0.0992 e. The second kappa shape index (κ2) is 7.45. The van der Waals surface area contributed by atoms with E-state index in [0.717, 1.165) is 4.70 Å². The van der Waals surface area contributed by atoms with Gasteiger partial charge in [0.25, 0.3) is 0 Å². The minimum absolute atomic E-state index is 0.279. The number of nitriles is 1. The number of rotatable bonds is 2. The van der Waals surface area contributed by atoms with Crippen LogP contribution in [0.4, 0.5) is 11.4 Å². The molecule has 1 aliphatic carbocycles. The topological polar surface area (TPSA) is 27.0 Å². The predicted octanol–water partition coefficient (Wildman–Crippen LogP) is 8.32. The summed E-state index contributed by atoms with van der Waals surface area (Å²) in [4.78, 5) is 2.50. The molecule has 3 heteroatoms. The number of hydrogen-bond acceptors (Lipinski definition) is 3. The standard InChI is InChI=1S/C31H20N2S/c32-19-20-13-15-25-26-16-14-21(18-31(26)34-30(25)17-20)22-7-1-4-10-27(22)33-28-11-5-2-8-23(28)24-9-3-6-12-29(24)33/h1-18,23,28H. The average molecular weight is 453 g/mol. The van der Waals surface area contributed by atoms with Crippen molar-refractivity contribution in [3.8, 4) is 17.2 Å². The maximum absolute atomic E-state index is 9.29. The van der Waals surface area contributed by atoms with Crippen molar-refractivity contribution in [2.24, 2.45) is 0 Å². The lowest BCUT2D eigenvalue weighted by atomic mass is 9.91. The Morgan fingerprint density at radius 3 is 2.35 bits per heavy atom. The van der Waals surface area contributed by atoms with Gasteiger partial charge in [-0.25, -0.2) is 0 Å². The third-order valence-corrected chi connectivity index (χ3v) is 8.15. The van der Waals surface area contributed by atoms with E-state index in [4.69, 9.17) is 0 Å². The molecule has 0 amide bonds. The quantitative estimate of drug-likeness (QED) is 0.269. The van der Waals surface area contributed by atoms with Crippen LogP contribution in [-0.4, -0.2) is 6.04 Å². The molecule has 0 spiro atoms. The van der Waals surface area contributed by atoms with Crippen LogP contribution in [0, 0.1) is 11.3 Å². The molecule has 2 unspecified atom stereocenters. The zero-order chi connectivity index (χ0) is 22.6. The number of fused-ring (bicyclic) bond motifs is 6. The number of hydrogen-bond donors (Lipinski definition) is 0. The van der Waals surface area contributed by atoms with Gasteiger partial charge >= 0.3 is 0 Å². The molecule has 7 rings (SSSR count). The van der Waals surface area contributed by atoms with E-state index in [1.165, 1.54) is 43.5 Å². The smallest absolute Gasteiger partial charge is 0.0992 e. The first kappa shape index (κ1) is 19.3. The van der Waals surface area contributed by atoms with Crippen molar-refractivity contribution < 1.29 is 0 Å². The number of thiophene rings is 1. The number of para-hydroxylation sites is 2. The van der Waals surface area contributed by atoms with E-state index < -0.39 is 0 Å². The van der Waals surface area contributed by atoms with Gasteiger partial charge in [0.05, 0.1) is 17.7 Å².